The molecule has 0 saturated carbocycles. The van der Waals surface area contributed by atoms with E-state index in [-0.39, 0.29) is 95.6 Å². The molecule has 0 rings (SSSR count). The molecule has 0 N–H and O–H groups in total. The molecule has 0 heterocycles. The van der Waals surface area contributed by atoms with E-state index in [1.54, 1.807) is 0 Å². The molecule has 17 valence electrons. The van der Waals surface area contributed by atoms with Crippen molar-refractivity contribution in [3.63, 3.8) is 0 Å². The summed E-state index contributed by atoms with van der Waals surface area (Å²) in [7, 11) is 0. The Labute approximate surface area is 93.4 Å². The summed E-state index contributed by atoms with van der Waals surface area (Å²) in [6, 6.07) is 0. The Morgan fingerprint density at radius 3 is 1.00 bits per heavy atom. The Kier molecular flexibility index (Phi) is 114. The second kappa shape index (κ2) is 16.5. The van der Waals surface area contributed by atoms with Gasteiger partial charge in [0.25, 0.3) is 0 Å². The molecule has 0 aromatic heterocycles. The van der Waals surface area contributed by atoms with Crippen molar-refractivity contribution >= 4 is 95.6 Å². The molecule has 0 fully saturated rings. The molecule has 0 aliphatic rings. The summed E-state index contributed by atoms with van der Waals surface area (Å²) in [6.45, 7) is 0. The third-order valence-electron chi connectivity index (χ3n) is 0. The van der Waals surface area contributed by atoms with E-state index in [4.69, 9.17) is 0 Å². The molecule has 1 unspecified atom stereocenters. The normalized spacial score (nSPS) is 0. The topological polar surface area (TPSA) is 0 Å². The van der Waals surface area contributed by atoms with Crippen LogP contribution in [0.1, 0.15) is 0 Å². The van der Waals surface area contributed by atoms with Crippen LogP contribution in [0.3, 0.4) is 0 Å². The fraction of sp³-hybridized carbons (Fsp3) is 0. The van der Waals surface area contributed by atoms with Gasteiger partial charge < -0.3 is 0 Å². The minimum absolute atomic E-state index is 0. The van der Waals surface area contributed by atoms with Gasteiger partial charge >= 0.3 is 0 Å². The molecule has 1 atom stereocenters. The largest absolute Gasteiger partial charge is 0.153 e. The molecule has 9 radical (unpaired) electrons. The minimum Gasteiger partial charge on any atom is -0.153 e. The molecule has 0 spiro atoms. The van der Waals surface area contributed by atoms with Gasteiger partial charge in [-0.2, -0.15) is 9.90 Å². The fourth-order valence-electron chi connectivity index (χ4n) is 0. The maximum absolute atomic E-state index is 0. The van der Waals surface area contributed by atoms with Crippen molar-refractivity contribution in [2.45, 2.75) is 0 Å². The second-order valence-electron chi connectivity index (χ2n) is 0. The van der Waals surface area contributed by atoms with E-state index in [0.29, 0.717) is 0 Å². The van der Waals surface area contributed by atoms with Crippen molar-refractivity contribution < 1.29 is 0 Å². The van der Waals surface area contributed by atoms with Gasteiger partial charge in [0, 0.05) is 85.7 Å². The Morgan fingerprint density at radius 1 is 1.00 bits per heavy atom. The van der Waals surface area contributed by atoms with Gasteiger partial charge in [0.2, 0.25) is 0 Å². The molecule has 4 heteroatoms. The van der Waals surface area contributed by atoms with Crippen LogP contribution in [0.5, 0.6) is 0 Å². The molecule has 0 aliphatic carbocycles. The van der Waals surface area contributed by atoms with Crippen LogP contribution < -0.4 is 0 Å². The molecular formula is H3BaInPSi. The van der Waals surface area contributed by atoms with E-state index in [1.165, 1.54) is 0 Å². The fourth-order valence-corrected chi connectivity index (χ4v) is 0. The van der Waals surface area contributed by atoms with Gasteiger partial charge in [-0.05, 0) is 0 Å². The van der Waals surface area contributed by atoms with E-state index in [0.717, 1.165) is 0 Å². The molecule has 4 heavy (non-hydrogen) atoms. The van der Waals surface area contributed by atoms with Crippen molar-refractivity contribution in [2.24, 2.45) is 0 Å². The number of hydrogen-bond donors (Lipinski definition) is 0. The van der Waals surface area contributed by atoms with Crippen LogP contribution >= 0.6 is 9.90 Å². The summed E-state index contributed by atoms with van der Waals surface area (Å²) in [5, 5.41) is 0. The predicted molar refractivity (Wildman–Crippen MR) is 28.4 cm³/mol. The van der Waals surface area contributed by atoms with Gasteiger partial charge in [0.05, 0.1) is 0 Å². The van der Waals surface area contributed by atoms with Gasteiger partial charge in [-0.3, -0.25) is 0 Å². The molecule has 0 aromatic rings. The maximum Gasteiger partial charge on any atom is 0 e. The van der Waals surface area contributed by atoms with Gasteiger partial charge in [-0.1, -0.05) is 0 Å². The zero-order chi connectivity index (χ0) is 0. The number of rotatable bonds is 0. The third-order valence-corrected chi connectivity index (χ3v) is 0. The minimum atomic E-state index is 0. The van der Waals surface area contributed by atoms with Crippen LogP contribution in [0.15, 0.2) is 0 Å². The molecule has 0 nitrogen and oxygen atoms in total. The summed E-state index contributed by atoms with van der Waals surface area (Å²) in [4.78, 5) is 0. The van der Waals surface area contributed by atoms with Crippen LogP contribution in [0.25, 0.3) is 0 Å². The van der Waals surface area contributed by atoms with Crippen molar-refractivity contribution in [3.05, 3.63) is 0 Å². The predicted octanol–water partition coefficient (Wildman–Crippen LogP) is -1.08. The molecule has 0 aliphatic heterocycles. The van der Waals surface area contributed by atoms with Gasteiger partial charge in [0.1, 0.15) is 0 Å². The standard InChI is InChI=1S/Ba.In.H3P.Si/h;;1H3;. The summed E-state index contributed by atoms with van der Waals surface area (Å²) in [5.41, 5.74) is 0. The molecule has 0 amide bonds. The molecule has 0 saturated heterocycles. The first-order valence-corrected chi connectivity index (χ1v) is 0. The average Bonchev–Trinajstić information content (AvgIpc) is 0. The first kappa shape index (κ1) is 27.5. The van der Waals surface area contributed by atoms with E-state index >= 15 is 0 Å². The van der Waals surface area contributed by atoms with Crippen molar-refractivity contribution in [2.75, 3.05) is 0 Å². The van der Waals surface area contributed by atoms with Gasteiger partial charge in [-0.25, -0.2) is 0 Å². The zero-order valence-corrected chi connectivity index (χ0v) is 12.6. The van der Waals surface area contributed by atoms with Crippen LogP contribution in [0, 0.1) is 0 Å². The first-order chi connectivity index (χ1) is 0. The quantitative estimate of drug-likeness (QED) is 0.394. The Bertz CT molecular complexity index is 8.00. The van der Waals surface area contributed by atoms with Gasteiger partial charge in [-0.15, -0.1) is 0 Å². The van der Waals surface area contributed by atoms with Crippen LogP contribution in [-0.4, -0.2) is 85.7 Å². The van der Waals surface area contributed by atoms with E-state index in [1.807, 2.05) is 0 Å². The Hall–Kier alpha value is 3.09. The van der Waals surface area contributed by atoms with Crippen LogP contribution in [-0.2, 0) is 0 Å². The molecule has 0 aromatic carbocycles. The van der Waals surface area contributed by atoms with Gasteiger partial charge in [0.15, 0.2) is 0 Å². The van der Waals surface area contributed by atoms with Crippen LogP contribution in [0.2, 0.25) is 0 Å². The second-order valence-corrected chi connectivity index (χ2v) is 0. The van der Waals surface area contributed by atoms with E-state index < -0.39 is 0 Å². The Morgan fingerprint density at radius 2 is 1.00 bits per heavy atom. The summed E-state index contributed by atoms with van der Waals surface area (Å²) >= 11 is 0. The zero-order valence-electron chi connectivity index (χ0n) is 2.49. The summed E-state index contributed by atoms with van der Waals surface area (Å²) in [5.74, 6) is 0. The van der Waals surface area contributed by atoms with Crippen LogP contribution in [0.4, 0.5) is 0 Å². The van der Waals surface area contributed by atoms with Crippen molar-refractivity contribution in [1.82, 2.24) is 0 Å². The summed E-state index contributed by atoms with van der Waals surface area (Å²) in [6.07, 6.45) is 0. The maximum atomic E-state index is 0. The smallest absolute Gasteiger partial charge is 0 e. The van der Waals surface area contributed by atoms with E-state index in [2.05, 4.69) is 0 Å². The SMILES string of the molecule is P.[Ba].[In].[Si]. The monoisotopic (exact) mass is 315 g/mol. The first-order valence-electron chi connectivity index (χ1n) is 0. The van der Waals surface area contributed by atoms with Crippen molar-refractivity contribution in [3.8, 4) is 0 Å². The summed E-state index contributed by atoms with van der Waals surface area (Å²) < 4.78 is 0. The molecule has 0 bridgehead atoms. The van der Waals surface area contributed by atoms with E-state index in [9.17, 15) is 0 Å². The number of hydrogen-bond acceptors (Lipinski definition) is 0. The Balaban J connectivity index is 0. The third kappa shape index (κ3) is 8.92. The molecular weight excluding hydrogens is 311 g/mol. The van der Waals surface area contributed by atoms with Crippen molar-refractivity contribution in [1.29, 1.82) is 0 Å². The average molecular weight is 314 g/mol.